The third kappa shape index (κ3) is 2.89. The fourth-order valence-electron chi connectivity index (χ4n) is 3.88. The number of benzene rings is 2. The highest BCUT2D eigenvalue weighted by Gasteiger charge is 2.26. The lowest BCUT2D eigenvalue weighted by Gasteiger charge is -2.23. The molecule has 2 aromatic heterocycles. The average Bonchev–Trinajstić information content (AvgIpc) is 3.15. The van der Waals surface area contributed by atoms with Crippen LogP contribution in [0, 0.1) is 17.1 Å². The van der Waals surface area contributed by atoms with Crippen LogP contribution in [0.4, 0.5) is 15.8 Å². The van der Waals surface area contributed by atoms with Gasteiger partial charge in [-0.3, -0.25) is 9.97 Å². The molecule has 0 bridgehead atoms. The standard InChI is InChI=1S/C23H14ClFN4/c24-19-10-22-15(9-20(19)25)5-7-29(22)23-17(11-26)13-28-21-4-3-14(8-18(21)23)16-2-1-6-27-12-16/h1-4,6,8-10,12-13H,5,7H2. The third-order valence-corrected chi connectivity index (χ3v) is 5.53. The van der Waals surface area contributed by atoms with Crippen molar-refractivity contribution in [2.24, 2.45) is 0 Å². The number of halogens is 2. The van der Waals surface area contributed by atoms with Crippen LogP contribution >= 0.6 is 11.6 Å². The molecule has 3 heterocycles. The number of pyridine rings is 2. The summed E-state index contributed by atoms with van der Waals surface area (Å²) in [5.74, 6) is -0.425. The van der Waals surface area contributed by atoms with Crippen LogP contribution in [0.15, 0.2) is 61.1 Å². The van der Waals surface area contributed by atoms with E-state index in [-0.39, 0.29) is 5.02 Å². The number of fused-ring (bicyclic) bond motifs is 2. The van der Waals surface area contributed by atoms with E-state index >= 15 is 0 Å². The molecule has 29 heavy (non-hydrogen) atoms. The van der Waals surface area contributed by atoms with Gasteiger partial charge in [-0.15, -0.1) is 0 Å². The third-order valence-electron chi connectivity index (χ3n) is 5.24. The summed E-state index contributed by atoms with van der Waals surface area (Å²) in [6, 6.07) is 15.2. The predicted octanol–water partition coefficient (Wildman–Crippen LogP) is 5.66. The van der Waals surface area contributed by atoms with Crippen LogP contribution in [0.3, 0.4) is 0 Å². The molecule has 0 saturated heterocycles. The summed E-state index contributed by atoms with van der Waals surface area (Å²) in [6.07, 6.45) is 5.80. The molecule has 6 heteroatoms. The molecule has 0 saturated carbocycles. The molecule has 1 aliphatic heterocycles. The highest BCUT2D eigenvalue weighted by atomic mass is 35.5. The van der Waals surface area contributed by atoms with Crippen LogP contribution < -0.4 is 4.90 Å². The van der Waals surface area contributed by atoms with Crippen molar-refractivity contribution in [1.29, 1.82) is 5.26 Å². The molecule has 0 N–H and O–H groups in total. The fourth-order valence-corrected chi connectivity index (χ4v) is 4.04. The number of nitrogens with zero attached hydrogens (tertiary/aromatic N) is 4. The molecule has 0 fully saturated rings. The zero-order valence-electron chi connectivity index (χ0n) is 15.2. The Morgan fingerprint density at radius 1 is 1.10 bits per heavy atom. The van der Waals surface area contributed by atoms with Gasteiger partial charge in [-0.05, 0) is 47.9 Å². The summed E-state index contributed by atoms with van der Waals surface area (Å²) >= 11 is 6.06. The average molecular weight is 401 g/mol. The Bertz CT molecular complexity index is 1300. The van der Waals surface area contributed by atoms with Gasteiger partial charge in [0.1, 0.15) is 11.9 Å². The van der Waals surface area contributed by atoms with E-state index in [1.165, 1.54) is 6.07 Å². The number of nitriles is 1. The molecule has 0 unspecified atom stereocenters. The molecule has 0 aliphatic carbocycles. The Labute approximate surface area is 171 Å². The van der Waals surface area contributed by atoms with Gasteiger partial charge in [-0.2, -0.15) is 5.26 Å². The minimum absolute atomic E-state index is 0.0727. The van der Waals surface area contributed by atoms with Gasteiger partial charge in [-0.25, -0.2) is 4.39 Å². The first-order chi connectivity index (χ1) is 14.2. The van der Waals surface area contributed by atoms with Crippen LogP contribution in [-0.2, 0) is 6.42 Å². The van der Waals surface area contributed by atoms with Crippen molar-refractivity contribution >= 4 is 33.9 Å². The largest absolute Gasteiger partial charge is 0.339 e. The van der Waals surface area contributed by atoms with Gasteiger partial charge in [0.25, 0.3) is 0 Å². The maximum Gasteiger partial charge on any atom is 0.142 e. The lowest BCUT2D eigenvalue weighted by atomic mass is 10.0. The van der Waals surface area contributed by atoms with Crippen LogP contribution in [0.2, 0.25) is 5.02 Å². The molecule has 0 amide bonds. The van der Waals surface area contributed by atoms with E-state index in [1.807, 2.05) is 35.2 Å². The summed E-state index contributed by atoms with van der Waals surface area (Å²) in [5.41, 5.74) is 5.69. The van der Waals surface area contributed by atoms with Crippen LogP contribution in [-0.4, -0.2) is 16.5 Å². The van der Waals surface area contributed by atoms with E-state index in [4.69, 9.17) is 11.6 Å². The second kappa shape index (κ2) is 6.84. The van der Waals surface area contributed by atoms with Gasteiger partial charge < -0.3 is 4.90 Å². The molecule has 1 aliphatic rings. The van der Waals surface area contributed by atoms with Gasteiger partial charge in [0, 0.05) is 41.8 Å². The van der Waals surface area contributed by atoms with E-state index in [1.54, 1.807) is 24.7 Å². The van der Waals surface area contributed by atoms with Crippen LogP contribution in [0.1, 0.15) is 11.1 Å². The van der Waals surface area contributed by atoms with E-state index < -0.39 is 5.82 Å². The van der Waals surface area contributed by atoms with Crippen LogP contribution in [0.25, 0.3) is 22.0 Å². The molecule has 4 aromatic rings. The fraction of sp³-hybridized carbons (Fsp3) is 0.0870. The summed E-state index contributed by atoms with van der Waals surface area (Å²) in [6.45, 7) is 0.639. The maximum absolute atomic E-state index is 13.9. The summed E-state index contributed by atoms with van der Waals surface area (Å²) in [5, 5.41) is 10.7. The van der Waals surface area contributed by atoms with Crippen molar-refractivity contribution < 1.29 is 4.39 Å². The van der Waals surface area contributed by atoms with Gasteiger partial charge >= 0.3 is 0 Å². The van der Waals surface area contributed by atoms with Crippen molar-refractivity contribution in [3.05, 3.63) is 83.0 Å². The Morgan fingerprint density at radius 3 is 2.79 bits per heavy atom. The van der Waals surface area contributed by atoms with Crippen molar-refractivity contribution in [1.82, 2.24) is 9.97 Å². The van der Waals surface area contributed by atoms with E-state index in [0.717, 1.165) is 39.0 Å². The monoisotopic (exact) mass is 400 g/mol. The number of rotatable bonds is 2. The van der Waals surface area contributed by atoms with Crippen molar-refractivity contribution in [2.75, 3.05) is 11.4 Å². The second-order valence-corrected chi connectivity index (χ2v) is 7.31. The summed E-state index contributed by atoms with van der Waals surface area (Å²) in [7, 11) is 0. The quantitative estimate of drug-likeness (QED) is 0.436. The molecule has 0 spiro atoms. The van der Waals surface area contributed by atoms with Gasteiger partial charge in [0.2, 0.25) is 0 Å². The normalized spacial score (nSPS) is 12.8. The smallest absolute Gasteiger partial charge is 0.142 e. The van der Waals surface area contributed by atoms with Gasteiger partial charge in [0.15, 0.2) is 0 Å². The predicted molar refractivity (Wildman–Crippen MR) is 112 cm³/mol. The SMILES string of the molecule is N#Cc1cnc2ccc(-c3cccnc3)cc2c1N1CCc2cc(F)c(Cl)cc21. The minimum atomic E-state index is -0.425. The Morgan fingerprint density at radius 2 is 2.00 bits per heavy atom. The summed E-state index contributed by atoms with van der Waals surface area (Å²) in [4.78, 5) is 10.7. The molecular weight excluding hydrogens is 387 g/mol. The topological polar surface area (TPSA) is 52.8 Å². The van der Waals surface area contributed by atoms with Gasteiger partial charge in [-0.1, -0.05) is 23.7 Å². The zero-order valence-corrected chi connectivity index (χ0v) is 16.0. The molecule has 4 nitrogen and oxygen atoms in total. The molecule has 2 aromatic carbocycles. The first-order valence-electron chi connectivity index (χ1n) is 9.14. The zero-order chi connectivity index (χ0) is 20.0. The van der Waals surface area contributed by atoms with E-state index in [0.29, 0.717) is 18.5 Å². The first kappa shape index (κ1) is 17.6. The molecular formula is C23H14ClFN4. The van der Waals surface area contributed by atoms with E-state index in [9.17, 15) is 9.65 Å². The number of aromatic nitrogens is 2. The highest BCUT2D eigenvalue weighted by molar-refractivity contribution is 6.31. The first-order valence-corrected chi connectivity index (χ1v) is 9.52. The van der Waals surface area contributed by atoms with Gasteiger partial charge in [0.05, 0.1) is 21.8 Å². The Hall–Kier alpha value is -3.49. The van der Waals surface area contributed by atoms with Crippen molar-refractivity contribution in [2.45, 2.75) is 6.42 Å². The minimum Gasteiger partial charge on any atom is -0.339 e. The lowest BCUT2D eigenvalue weighted by Crippen LogP contribution is -2.15. The van der Waals surface area contributed by atoms with E-state index in [2.05, 4.69) is 16.0 Å². The molecule has 5 rings (SSSR count). The Balaban J connectivity index is 1.76. The van der Waals surface area contributed by atoms with Crippen molar-refractivity contribution in [3.8, 4) is 17.2 Å². The maximum atomic E-state index is 13.9. The number of hydrogen-bond acceptors (Lipinski definition) is 4. The molecule has 0 atom stereocenters. The highest BCUT2D eigenvalue weighted by Crippen LogP contribution is 2.42. The van der Waals surface area contributed by atoms with Crippen LogP contribution in [0.5, 0.6) is 0 Å². The molecule has 140 valence electrons. The number of anilines is 2. The lowest BCUT2D eigenvalue weighted by molar-refractivity contribution is 0.627. The van der Waals surface area contributed by atoms with Crippen molar-refractivity contribution in [3.63, 3.8) is 0 Å². The second-order valence-electron chi connectivity index (χ2n) is 6.90. The Kier molecular flexibility index (Phi) is 4.15. The number of hydrogen-bond donors (Lipinski definition) is 0. The summed E-state index contributed by atoms with van der Waals surface area (Å²) < 4.78 is 13.9. The molecule has 0 radical (unpaired) electrons.